The zero-order valence-corrected chi connectivity index (χ0v) is 19.7. The molecule has 0 radical (unpaired) electrons. The highest BCUT2D eigenvalue weighted by atomic mass is 16.7. The van der Waals surface area contributed by atoms with Crippen LogP contribution in [0.25, 0.3) is 11.0 Å². The first-order chi connectivity index (χ1) is 17.7. The number of fused-ring (bicyclic) bond motifs is 2. The molecule has 0 bridgehead atoms. The van der Waals surface area contributed by atoms with Crippen LogP contribution in [0.5, 0.6) is 11.5 Å². The van der Waals surface area contributed by atoms with Crippen LogP contribution in [0.2, 0.25) is 0 Å². The van der Waals surface area contributed by atoms with Gasteiger partial charge in [-0.15, -0.1) is 5.10 Å². The van der Waals surface area contributed by atoms with Crippen molar-refractivity contribution in [2.75, 3.05) is 32.0 Å². The standard InChI is InChI=1S/C26H25N5O5/c1-34-14-13-27-26(33)25(18-7-3-2-4-8-18)31(19-11-12-22-23(15-19)36-17-35-22)24(32)16-30-21-10-6-5-9-20(21)28-29-30/h2-12,15,25H,13-14,16-17H2,1H3,(H,27,33)/t25-/m0/s1. The van der Waals surface area contributed by atoms with E-state index in [1.165, 1.54) is 9.58 Å². The molecule has 5 rings (SSSR count). The Kier molecular flexibility index (Phi) is 6.76. The number of benzene rings is 3. The van der Waals surface area contributed by atoms with Gasteiger partial charge in [-0.3, -0.25) is 14.5 Å². The number of nitrogens with one attached hydrogen (secondary N) is 1. The zero-order valence-electron chi connectivity index (χ0n) is 19.7. The lowest BCUT2D eigenvalue weighted by Gasteiger charge is -2.31. The molecule has 36 heavy (non-hydrogen) atoms. The molecular weight excluding hydrogens is 462 g/mol. The molecule has 2 amide bonds. The van der Waals surface area contributed by atoms with Gasteiger partial charge in [0, 0.05) is 25.4 Å². The Morgan fingerprint density at radius 1 is 1.06 bits per heavy atom. The molecule has 1 aliphatic heterocycles. The van der Waals surface area contributed by atoms with Crippen molar-refractivity contribution in [1.29, 1.82) is 0 Å². The predicted octanol–water partition coefficient (Wildman–Crippen LogP) is 2.70. The molecule has 3 aromatic carbocycles. The highest BCUT2D eigenvalue weighted by Gasteiger charge is 2.34. The molecule has 1 N–H and O–H groups in total. The number of hydrogen-bond acceptors (Lipinski definition) is 7. The maximum Gasteiger partial charge on any atom is 0.249 e. The van der Waals surface area contributed by atoms with Crippen LogP contribution in [0.1, 0.15) is 11.6 Å². The molecule has 1 atom stereocenters. The van der Waals surface area contributed by atoms with E-state index in [2.05, 4.69) is 15.6 Å². The first-order valence-electron chi connectivity index (χ1n) is 11.5. The van der Waals surface area contributed by atoms with E-state index in [0.717, 1.165) is 5.52 Å². The first kappa shape index (κ1) is 23.3. The van der Waals surface area contributed by atoms with Gasteiger partial charge in [0.15, 0.2) is 11.5 Å². The van der Waals surface area contributed by atoms with Crippen molar-refractivity contribution in [1.82, 2.24) is 20.3 Å². The summed E-state index contributed by atoms with van der Waals surface area (Å²) in [5.41, 5.74) is 2.54. The van der Waals surface area contributed by atoms with E-state index in [4.69, 9.17) is 14.2 Å². The van der Waals surface area contributed by atoms with Crippen LogP contribution < -0.4 is 19.7 Å². The second kappa shape index (κ2) is 10.4. The van der Waals surface area contributed by atoms with E-state index in [-0.39, 0.29) is 25.2 Å². The summed E-state index contributed by atoms with van der Waals surface area (Å²) >= 11 is 0. The fourth-order valence-corrected chi connectivity index (χ4v) is 4.14. The van der Waals surface area contributed by atoms with Gasteiger partial charge in [0.2, 0.25) is 18.6 Å². The van der Waals surface area contributed by atoms with E-state index in [1.807, 2.05) is 54.6 Å². The number of aromatic nitrogens is 3. The Bertz CT molecular complexity index is 1370. The summed E-state index contributed by atoms with van der Waals surface area (Å²) in [5.74, 6) is 0.394. The SMILES string of the molecule is COCCNC(=O)[C@H](c1ccccc1)N(C(=O)Cn1nnc2ccccc21)c1ccc2c(c1)OCO2. The van der Waals surface area contributed by atoms with Gasteiger partial charge in [-0.2, -0.15) is 0 Å². The monoisotopic (exact) mass is 487 g/mol. The number of rotatable bonds is 9. The predicted molar refractivity (Wildman–Crippen MR) is 132 cm³/mol. The maximum absolute atomic E-state index is 14.0. The van der Waals surface area contributed by atoms with Crippen LogP contribution in [-0.4, -0.2) is 53.9 Å². The lowest BCUT2D eigenvalue weighted by Crippen LogP contribution is -2.46. The average molecular weight is 488 g/mol. The number of hydrogen-bond donors (Lipinski definition) is 1. The highest BCUT2D eigenvalue weighted by molar-refractivity contribution is 6.01. The molecule has 184 valence electrons. The quantitative estimate of drug-likeness (QED) is 0.362. The topological polar surface area (TPSA) is 108 Å². The fraction of sp³-hybridized carbons (Fsp3) is 0.231. The summed E-state index contributed by atoms with van der Waals surface area (Å²) < 4.78 is 17.6. The smallest absolute Gasteiger partial charge is 0.249 e. The van der Waals surface area contributed by atoms with Crippen molar-refractivity contribution < 1.29 is 23.8 Å². The van der Waals surface area contributed by atoms with Crippen LogP contribution in [0.15, 0.2) is 72.8 Å². The molecule has 0 aliphatic carbocycles. The third-order valence-electron chi connectivity index (χ3n) is 5.84. The van der Waals surface area contributed by atoms with Crippen molar-refractivity contribution in [2.24, 2.45) is 0 Å². The van der Waals surface area contributed by atoms with Crippen LogP contribution >= 0.6 is 0 Å². The van der Waals surface area contributed by atoms with Gasteiger partial charge in [0.25, 0.3) is 0 Å². The lowest BCUT2D eigenvalue weighted by molar-refractivity contribution is -0.127. The Morgan fingerprint density at radius 2 is 1.83 bits per heavy atom. The summed E-state index contributed by atoms with van der Waals surface area (Å²) in [6, 6.07) is 20.8. The number of amides is 2. The molecule has 10 nitrogen and oxygen atoms in total. The fourth-order valence-electron chi connectivity index (χ4n) is 4.14. The average Bonchev–Trinajstić information content (AvgIpc) is 3.54. The summed E-state index contributed by atoms with van der Waals surface area (Å²) in [6.45, 7) is 0.618. The lowest BCUT2D eigenvalue weighted by atomic mass is 10.0. The van der Waals surface area contributed by atoms with Gasteiger partial charge in [-0.25, -0.2) is 4.68 Å². The van der Waals surface area contributed by atoms with Gasteiger partial charge in [0.1, 0.15) is 18.1 Å². The molecular formula is C26H25N5O5. The van der Waals surface area contributed by atoms with Crippen molar-refractivity contribution >= 4 is 28.5 Å². The highest BCUT2D eigenvalue weighted by Crippen LogP contribution is 2.38. The molecule has 1 aliphatic rings. The number of nitrogens with zero attached hydrogens (tertiary/aromatic N) is 4. The van der Waals surface area contributed by atoms with Crippen molar-refractivity contribution in [2.45, 2.75) is 12.6 Å². The summed E-state index contributed by atoms with van der Waals surface area (Å²) in [5, 5.41) is 11.2. The third-order valence-corrected chi connectivity index (χ3v) is 5.84. The number of anilines is 1. The van der Waals surface area contributed by atoms with Gasteiger partial charge >= 0.3 is 0 Å². The summed E-state index contributed by atoms with van der Waals surface area (Å²) in [6.07, 6.45) is 0. The molecule has 0 spiro atoms. The second-order valence-corrected chi connectivity index (χ2v) is 8.13. The number of ether oxygens (including phenoxy) is 3. The number of para-hydroxylation sites is 1. The van der Waals surface area contributed by atoms with Gasteiger partial charge < -0.3 is 19.5 Å². The molecule has 10 heteroatoms. The maximum atomic E-state index is 14.0. The number of methoxy groups -OCH3 is 1. The van der Waals surface area contributed by atoms with E-state index in [1.54, 1.807) is 25.3 Å². The first-order valence-corrected chi connectivity index (χ1v) is 11.5. The molecule has 0 saturated carbocycles. The van der Waals surface area contributed by atoms with E-state index >= 15 is 0 Å². The van der Waals surface area contributed by atoms with E-state index in [9.17, 15) is 9.59 Å². The minimum Gasteiger partial charge on any atom is -0.454 e. The number of carbonyl (C=O) groups is 2. The Balaban J connectivity index is 1.57. The van der Waals surface area contributed by atoms with Crippen molar-refractivity contribution in [3.05, 3.63) is 78.4 Å². The molecule has 0 fully saturated rings. The Labute approximate surface area is 207 Å². The van der Waals surface area contributed by atoms with Crippen LogP contribution in [-0.2, 0) is 20.9 Å². The van der Waals surface area contributed by atoms with Crippen molar-refractivity contribution in [3.8, 4) is 11.5 Å². The third kappa shape index (κ3) is 4.71. The van der Waals surface area contributed by atoms with Gasteiger partial charge in [-0.1, -0.05) is 47.7 Å². The molecule has 4 aromatic rings. The normalized spacial score (nSPS) is 12.9. The largest absolute Gasteiger partial charge is 0.454 e. The Morgan fingerprint density at radius 3 is 2.67 bits per heavy atom. The zero-order chi connectivity index (χ0) is 24.9. The molecule has 1 aromatic heterocycles. The van der Waals surface area contributed by atoms with E-state index < -0.39 is 6.04 Å². The molecule has 0 saturated heterocycles. The molecule has 0 unspecified atom stereocenters. The van der Waals surface area contributed by atoms with Crippen LogP contribution in [0, 0.1) is 0 Å². The minimum absolute atomic E-state index is 0.0945. The Hall–Kier alpha value is -4.44. The van der Waals surface area contributed by atoms with Gasteiger partial charge in [0.05, 0.1) is 12.1 Å². The van der Waals surface area contributed by atoms with Crippen LogP contribution in [0.3, 0.4) is 0 Å². The second-order valence-electron chi connectivity index (χ2n) is 8.13. The summed E-state index contributed by atoms with van der Waals surface area (Å²) in [7, 11) is 1.56. The van der Waals surface area contributed by atoms with Gasteiger partial charge in [-0.05, 0) is 29.8 Å². The minimum atomic E-state index is -0.953. The molecule has 2 heterocycles. The van der Waals surface area contributed by atoms with E-state index in [0.29, 0.717) is 41.4 Å². The number of carbonyl (C=O) groups excluding carboxylic acids is 2. The summed E-state index contributed by atoms with van der Waals surface area (Å²) in [4.78, 5) is 29.0. The van der Waals surface area contributed by atoms with Crippen molar-refractivity contribution in [3.63, 3.8) is 0 Å². The van der Waals surface area contributed by atoms with Crippen LogP contribution in [0.4, 0.5) is 5.69 Å².